The normalized spacial score (nSPS) is 22.7. The highest BCUT2D eigenvalue weighted by atomic mass is 16.1. The van der Waals surface area contributed by atoms with Crippen LogP contribution in [0.15, 0.2) is 0 Å². The minimum Gasteiger partial charge on any atom is -0.354 e. The van der Waals surface area contributed by atoms with Gasteiger partial charge in [0.05, 0.1) is 0 Å². The molecule has 0 saturated carbocycles. The molecule has 0 aromatic carbocycles. The van der Waals surface area contributed by atoms with Crippen molar-refractivity contribution in [2.75, 3.05) is 13.1 Å². The summed E-state index contributed by atoms with van der Waals surface area (Å²) in [5, 5.41) is 9.92. The number of hydrogen-bond donors (Lipinski definition) is 3. The molecule has 1 saturated heterocycles. The van der Waals surface area contributed by atoms with Crippen molar-refractivity contribution in [2.45, 2.75) is 71.0 Å². The standard InChI is InChI=1S/C14H29N3O/c1-4-11(2)17-14(18)7-9-15-12(3)10-13-6-5-8-16-13/h11-13,15-16H,4-10H2,1-3H3,(H,17,18). The molecule has 4 heteroatoms. The summed E-state index contributed by atoms with van der Waals surface area (Å²) in [6, 6.07) is 1.44. The van der Waals surface area contributed by atoms with Crippen LogP contribution in [0.5, 0.6) is 0 Å². The van der Waals surface area contributed by atoms with Crippen molar-refractivity contribution in [3.63, 3.8) is 0 Å². The van der Waals surface area contributed by atoms with Crippen LogP contribution in [-0.4, -0.2) is 37.1 Å². The summed E-state index contributed by atoms with van der Waals surface area (Å²) < 4.78 is 0. The highest BCUT2D eigenvalue weighted by Crippen LogP contribution is 2.10. The van der Waals surface area contributed by atoms with Gasteiger partial charge in [-0.1, -0.05) is 6.92 Å². The summed E-state index contributed by atoms with van der Waals surface area (Å²) in [5.74, 6) is 0.156. The van der Waals surface area contributed by atoms with Gasteiger partial charge in [-0.3, -0.25) is 4.79 Å². The van der Waals surface area contributed by atoms with Crippen molar-refractivity contribution in [3.05, 3.63) is 0 Å². The van der Waals surface area contributed by atoms with Crippen LogP contribution in [0.2, 0.25) is 0 Å². The summed E-state index contributed by atoms with van der Waals surface area (Å²) >= 11 is 0. The van der Waals surface area contributed by atoms with Gasteiger partial charge in [-0.15, -0.1) is 0 Å². The Hall–Kier alpha value is -0.610. The van der Waals surface area contributed by atoms with E-state index >= 15 is 0 Å². The first-order chi connectivity index (χ1) is 8.61. The number of carbonyl (C=O) groups is 1. The molecule has 1 amide bonds. The molecule has 0 radical (unpaired) electrons. The Morgan fingerprint density at radius 1 is 1.39 bits per heavy atom. The van der Waals surface area contributed by atoms with Crippen LogP contribution in [0.3, 0.4) is 0 Å². The van der Waals surface area contributed by atoms with Gasteiger partial charge in [0.2, 0.25) is 5.91 Å². The molecule has 3 unspecified atom stereocenters. The molecule has 1 rings (SSSR count). The number of amides is 1. The molecule has 1 aliphatic heterocycles. The maximum Gasteiger partial charge on any atom is 0.221 e. The van der Waals surface area contributed by atoms with E-state index in [1.807, 2.05) is 6.92 Å². The van der Waals surface area contributed by atoms with Gasteiger partial charge in [0.1, 0.15) is 0 Å². The minimum atomic E-state index is 0.156. The topological polar surface area (TPSA) is 53.2 Å². The van der Waals surface area contributed by atoms with Crippen LogP contribution in [0.4, 0.5) is 0 Å². The molecule has 1 fully saturated rings. The van der Waals surface area contributed by atoms with Crippen LogP contribution in [-0.2, 0) is 4.79 Å². The molecule has 1 heterocycles. The quantitative estimate of drug-likeness (QED) is 0.615. The van der Waals surface area contributed by atoms with Gasteiger partial charge in [0, 0.05) is 31.1 Å². The Labute approximate surface area is 111 Å². The van der Waals surface area contributed by atoms with Crippen molar-refractivity contribution in [3.8, 4) is 0 Å². The first kappa shape index (κ1) is 15.4. The van der Waals surface area contributed by atoms with E-state index < -0.39 is 0 Å². The highest BCUT2D eigenvalue weighted by Gasteiger charge is 2.16. The predicted molar refractivity (Wildman–Crippen MR) is 75.6 cm³/mol. The smallest absolute Gasteiger partial charge is 0.221 e. The van der Waals surface area contributed by atoms with Gasteiger partial charge in [-0.05, 0) is 46.1 Å². The zero-order valence-electron chi connectivity index (χ0n) is 12.1. The van der Waals surface area contributed by atoms with Gasteiger partial charge in [-0.2, -0.15) is 0 Å². The highest BCUT2D eigenvalue weighted by molar-refractivity contribution is 5.76. The Balaban J connectivity index is 2.03. The average Bonchev–Trinajstić information content (AvgIpc) is 2.81. The first-order valence-electron chi connectivity index (χ1n) is 7.38. The fraction of sp³-hybridized carbons (Fsp3) is 0.929. The fourth-order valence-corrected chi connectivity index (χ4v) is 2.35. The maximum absolute atomic E-state index is 11.6. The van der Waals surface area contributed by atoms with E-state index in [-0.39, 0.29) is 11.9 Å². The zero-order valence-corrected chi connectivity index (χ0v) is 12.1. The lowest BCUT2D eigenvalue weighted by molar-refractivity contribution is -0.121. The van der Waals surface area contributed by atoms with E-state index in [2.05, 4.69) is 29.8 Å². The molecule has 1 aliphatic rings. The minimum absolute atomic E-state index is 0.156. The zero-order chi connectivity index (χ0) is 13.4. The second-order valence-electron chi connectivity index (χ2n) is 5.51. The molecule has 0 spiro atoms. The third-order valence-corrected chi connectivity index (χ3v) is 3.67. The lowest BCUT2D eigenvalue weighted by Crippen LogP contribution is -2.37. The van der Waals surface area contributed by atoms with E-state index in [1.54, 1.807) is 0 Å². The number of nitrogens with one attached hydrogen (secondary N) is 3. The molecular weight excluding hydrogens is 226 g/mol. The van der Waals surface area contributed by atoms with Crippen molar-refractivity contribution in [2.24, 2.45) is 0 Å². The Morgan fingerprint density at radius 2 is 2.17 bits per heavy atom. The maximum atomic E-state index is 11.6. The molecule has 3 N–H and O–H groups in total. The molecule has 3 atom stereocenters. The molecule has 0 aromatic rings. The van der Waals surface area contributed by atoms with E-state index in [1.165, 1.54) is 12.8 Å². The average molecular weight is 255 g/mol. The monoisotopic (exact) mass is 255 g/mol. The van der Waals surface area contributed by atoms with Gasteiger partial charge in [0.15, 0.2) is 0 Å². The second kappa shape index (κ2) is 8.48. The lowest BCUT2D eigenvalue weighted by Gasteiger charge is -2.18. The van der Waals surface area contributed by atoms with E-state index in [0.717, 1.165) is 25.9 Å². The fourth-order valence-electron chi connectivity index (χ4n) is 2.35. The molecule has 0 aliphatic carbocycles. The van der Waals surface area contributed by atoms with Crippen molar-refractivity contribution in [1.29, 1.82) is 0 Å². The summed E-state index contributed by atoms with van der Waals surface area (Å²) in [6.45, 7) is 8.26. The van der Waals surface area contributed by atoms with Crippen molar-refractivity contribution in [1.82, 2.24) is 16.0 Å². The molecule has 18 heavy (non-hydrogen) atoms. The Kier molecular flexibility index (Phi) is 7.28. The van der Waals surface area contributed by atoms with E-state index in [0.29, 0.717) is 18.5 Å². The van der Waals surface area contributed by atoms with E-state index in [4.69, 9.17) is 0 Å². The summed E-state index contributed by atoms with van der Waals surface area (Å²) in [4.78, 5) is 11.6. The molecule has 4 nitrogen and oxygen atoms in total. The van der Waals surface area contributed by atoms with Gasteiger partial charge in [0.25, 0.3) is 0 Å². The summed E-state index contributed by atoms with van der Waals surface area (Å²) in [7, 11) is 0. The Bertz CT molecular complexity index is 239. The van der Waals surface area contributed by atoms with Crippen LogP contribution in [0.1, 0.15) is 52.9 Å². The van der Waals surface area contributed by atoms with Gasteiger partial charge < -0.3 is 16.0 Å². The third-order valence-electron chi connectivity index (χ3n) is 3.67. The van der Waals surface area contributed by atoms with Gasteiger partial charge >= 0.3 is 0 Å². The second-order valence-corrected chi connectivity index (χ2v) is 5.51. The number of rotatable bonds is 8. The summed E-state index contributed by atoms with van der Waals surface area (Å²) in [6.07, 6.45) is 5.32. The SMILES string of the molecule is CCC(C)NC(=O)CCNC(C)CC1CCCN1. The Morgan fingerprint density at radius 3 is 2.78 bits per heavy atom. The largest absolute Gasteiger partial charge is 0.354 e. The molecule has 0 bridgehead atoms. The van der Waals surface area contributed by atoms with Crippen LogP contribution >= 0.6 is 0 Å². The first-order valence-corrected chi connectivity index (χ1v) is 7.38. The third kappa shape index (κ3) is 6.36. The van der Waals surface area contributed by atoms with Crippen LogP contribution in [0, 0.1) is 0 Å². The number of hydrogen-bond acceptors (Lipinski definition) is 3. The van der Waals surface area contributed by atoms with E-state index in [9.17, 15) is 4.79 Å². The molecule has 106 valence electrons. The predicted octanol–water partition coefficient (Wildman–Crippen LogP) is 1.41. The lowest BCUT2D eigenvalue weighted by atomic mass is 10.1. The van der Waals surface area contributed by atoms with Crippen LogP contribution in [0.25, 0.3) is 0 Å². The van der Waals surface area contributed by atoms with Crippen LogP contribution < -0.4 is 16.0 Å². The number of carbonyl (C=O) groups excluding carboxylic acids is 1. The molecular formula is C14H29N3O. The van der Waals surface area contributed by atoms with Gasteiger partial charge in [-0.25, -0.2) is 0 Å². The van der Waals surface area contributed by atoms with Crippen molar-refractivity contribution < 1.29 is 4.79 Å². The molecule has 0 aromatic heterocycles. The van der Waals surface area contributed by atoms with Crippen molar-refractivity contribution >= 4 is 5.91 Å². The summed E-state index contributed by atoms with van der Waals surface area (Å²) in [5.41, 5.74) is 0.